The number of amides is 1. The number of hydrogen-bond donors (Lipinski definition) is 0. The quantitative estimate of drug-likeness (QED) is 0.583. The van der Waals surface area contributed by atoms with Crippen molar-refractivity contribution in [2.75, 3.05) is 33.3 Å². The summed E-state index contributed by atoms with van der Waals surface area (Å²) in [6.07, 6.45) is -0.453. The second-order valence-corrected chi connectivity index (χ2v) is 10.9. The van der Waals surface area contributed by atoms with Gasteiger partial charge in [0.1, 0.15) is 17.3 Å². The Labute approximate surface area is 201 Å². The van der Waals surface area contributed by atoms with Gasteiger partial charge in [0.05, 0.1) is 23.8 Å². The molecule has 1 aliphatic heterocycles. The number of carbonyl (C=O) groups is 1. The first kappa shape index (κ1) is 25.5. The molecule has 9 heteroatoms. The average molecular weight is 495 g/mol. The number of aryl methyl sites for hydroxylation is 2. The molecule has 1 amide bonds. The van der Waals surface area contributed by atoms with Gasteiger partial charge in [-0.15, -0.1) is 0 Å². The Kier molecular flexibility index (Phi) is 8.05. The third kappa shape index (κ3) is 6.26. The lowest BCUT2D eigenvalue weighted by Gasteiger charge is -2.34. The number of hydrogen-bond acceptors (Lipinski definition) is 5. The lowest BCUT2D eigenvalue weighted by Crippen LogP contribution is -2.48. The minimum atomic E-state index is -3.88. The zero-order chi connectivity index (χ0) is 24.3. The highest BCUT2D eigenvalue weighted by atomic mass is 35.5. The van der Waals surface area contributed by atoms with Crippen LogP contribution in [0.4, 0.5) is 0 Å². The maximum Gasteiger partial charge on any atom is 0.253 e. The number of benzene rings is 2. The molecule has 1 fully saturated rings. The summed E-state index contributed by atoms with van der Waals surface area (Å²) in [7, 11) is -2.22. The molecule has 1 heterocycles. The summed E-state index contributed by atoms with van der Waals surface area (Å²) in [6, 6.07) is 10.3. The summed E-state index contributed by atoms with van der Waals surface area (Å²) < 4.78 is 39.3. The molecular weight excluding hydrogens is 464 g/mol. The summed E-state index contributed by atoms with van der Waals surface area (Å²) >= 11 is 6.25. The number of halogens is 1. The van der Waals surface area contributed by atoms with Crippen molar-refractivity contribution < 1.29 is 22.7 Å². The zero-order valence-electron chi connectivity index (χ0n) is 19.7. The molecule has 3 rings (SSSR count). The van der Waals surface area contributed by atoms with Crippen molar-refractivity contribution in [1.29, 1.82) is 0 Å². The van der Waals surface area contributed by atoms with Gasteiger partial charge in [-0.25, -0.2) is 8.42 Å². The van der Waals surface area contributed by atoms with Crippen molar-refractivity contribution in [3.05, 3.63) is 58.1 Å². The van der Waals surface area contributed by atoms with Gasteiger partial charge < -0.3 is 14.4 Å². The van der Waals surface area contributed by atoms with E-state index in [1.54, 1.807) is 7.05 Å². The summed E-state index contributed by atoms with van der Waals surface area (Å²) in [4.78, 5) is 14.4. The van der Waals surface area contributed by atoms with Gasteiger partial charge in [0.15, 0.2) is 0 Å². The van der Waals surface area contributed by atoms with Crippen LogP contribution >= 0.6 is 11.6 Å². The van der Waals surface area contributed by atoms with Crippen molar-refractivity contribution >= 4 is 27.5 Å². The van der Waals surface area contributed by atoms with E-state index in [1.807, 2.05) is 39.8 Å². The fourth-order valence-corrected chi connectivity index (χ4v) is 6.03. The Bertz CT molecular complexity index is 1090. The Morgan fingerprint density at radius 1 is 1.12 bits per heavy atom. The van der Waals surface area contributed by atoms with Crippen LogP contribution in [-0.2, 0) is 14.8 Å². The third-order valence-corrected chi connectivity index (χ3v) is 7.73. The maximum atomic E-state index is 13.3. The van der Waals surface area contributed by atoms with E-state index < -0.39 is 10.0 Å². The normalized spacial score (nSPS) is 19.3. The van der Waals surface area contributed by atoms with Gasteiger partial charge in [-0.2, -0.15) is 4.31 Å². The standard InChI is InChI=1S/C24H31ClN2O5S/c1-16-10-17(2)12-21(11-16)31-9-8-26(5)24(28)20-6-7-22(25)23(13-20)33(29,30)27-14-18(3)32-19(4)15-27/h6-7,10-13,18-19H,8-9,14-15H2,1-5H3. The van der Waals surface area contributed by atoms with Crippen LogP contribution in [0, 0.1) is 13.8 Å². The first-order valence-corrected chi connectivity index (χ1v) is 12.7. The molecule has 2 aromatic rings. The molecule has 2 aromatic carbocycles. The molecule has 180 valence electrons. The number of rotatable bonds is 7. The monoisotopic (exact) mass is 494 g/mol. The van der Waals surface area contributed by atoms with E-state index >= 15 is 0 Å². The van der Waals surface area contributed by atoms with Crippen molar-refractivity contribution in [3.63, 3.8) is 0 Å². The molecule has 0 saturated carbocycles. The number of carbonyl (C=O) groups excluding carboxylic acids is 1. The molecular formula is C24H31ClN2O5S. The molecule has 0 spiro atoms. The maximum absolute atomic E-state index is 13.3. The van der Waals surface area contributed by atoms with E-state index in [9.17, 15) is 13.2 Å². The molecule has 0 aromatic heterocycles. The minimum absolute atomic E-state index is 0.0730. The van der Waals surface area contributed by atoms with Gasteiger partial charge in [-0.3, -0.25) is 4.79 Å². The Balaban J connectivity index is 1.71. The van der Waals surface area contributed by atoms with Crippen LogP contribution in [0.15, 0.2) is 41.3 Å². The second-order valence-electron chi connectivity index (χ2n) is 8.62. The second kappa shape index (κ2) is 10.4. The lowest BCUT2D eigenvalue weighted by molar-refractivity contribution is -0.0440. The highest BCUT2D eigenvalue weighted by Gasteiger charge is 2.34. The molecule has 0 radical (unpaired) electrons. The highest BCUT2D eigenvalue weighted by Crippen LogP contribution is 2.28. The first-order chi connectivity index (χ1) is 15.5. The van der Waals surface area contributed by atoms with Gasteiger partial charge in [-0.1, -0.05) is 17.7 Å². The number of sulfonamides is 1. The molecule has 1 saturated heterocycles. The fraction of sp³-hybridized carbons (Fsp3) is 0.458. The summed E-state index contributed by atoms with van der Waals surface area (Å²) in [6.45, 7) is 8.78. The molecule has 7 nitrogen and oxygen atoms in total. The van der Waals surface area contributed by atoms with Crippen molar-refractivity contribution in [3.8, 4) is 5.75 Å². The van der Waals surface area contributed by atoms with Crippen molar-refractivity contribution in [2.45, 2.75) is 44.8 Å². The predicted molar refractivity (Wildman–Crippen MR) is 129 cm³/mol. The summed E-state index contributed by atoms with van der Waals surface area (Å²) in [5.41, 5.74) is 2.46. The molecule has 33 heavy (non-hydrogen) atoms. The fourth-order valence-electron chi connectivity index (χ4n) is 3.94. The number of nitrogens with zero attached hydrogens (tertiary/aromatic N) is 2. The van der Waals surface area contributed by atoms with Gasteiger partial charge in [-0.05, 0) is 69.2 Å². The Hall–Kier alpha value is -2.13. The molecule has 0 N–H and O–H groups in total. The molecule has 2 atom stereocenters. The lowest BCUT2D eigenvalue weighted by atomic mass is 10.1. The van der Waals surface area contributed by atoms with Gasteiger partial charge in [0, 0.05) is 25.7 Å². The van der Waals surface area contributed by atoms with Gasteiger partial charge in [0.2, 0.25) is 10.0 Å². The molecule has 1 aliphatic rings. The number of morpholine rings is 1. The van der Waals surface area contributed by atoms with E-state index in [-0.39, 0.29) is 46.7 Å². The largest absolute Gasteiger partial charge is 0.492 e. The Morgan fingerprint density at radius 3 is 2.33 bits per heavy atom. The number of ether oxygens (including phenoxy) is 2. The highest BCUT2D eigenvalue weighted by molar-refractivity contribution is 7.89. The van der Waals surface area contributed by atoms with Crippen LogP contribution < -0.4 is 4.74 Å². The average Bonchev–Trinajstić information content (AvgIpc) is 2.72. The van der Waals surface area contributed by atoms with Crippen molar-refractivity contribution in [1.82, 2.24) is 9.21 Å². The van der Waals surface area contributed by atoms with Crippen molar-refractivity contribution in [2.24, 2.45) is 0 Å². The van der Waals surface area contributed by atoms with Crippen LogP contribution in [0.1, 0.15) is 35.3 Å². The first-order valence-electron chi connectivity index (χ1n) is 10.9. The van der Waals surface area contributed by atoms with Crippen LogP contribution in [0.5, 0.6) is 5.75 Å². The Morgan fingerprint density at radius 2 is 1.73 bits per heavy atom. The molecule has 0 aliphatic carbocycles. The van der Waals surface area contributed by atoms with E-state index in [0.29, 0.717) is 13.2 Å². The minimum Gasteiger partial charge on any atom is -0.492 e. The zero-order valence-corrected chi connectivity index (χ0v) is 21.2. The summed E-state index contributed by atoms with van der Waals surface area (Å²) in [5, 5.41) is 0.0825. The third-order valence-electron chi connectivity index (χ3n) is 5.42. The van der Waals surface area contributed by atoms with E-state index in [0.717, 1.165) is 16.9 Å². The number of likely N-dealkylation sites (N-methyl/N-ethyl adjacent to an activating group) is 1. The van der Waals surface area contributed by atoms with Gasteiger partial charge >= 0.3 is 0 Å². The van der Waals surface area contributed by atoms with Crippen LogP contribution in [0.2, 0.25) is 5.02 Å². The topological polar surface area (TPSA) is 76.2 Å². The van der Waals surface area contributed by atoms with E-state index in [2.05, 4.69) is 6.07 Å². The van der Waals surface area contributed by atoms with Crippen LogP contribution in [0.25, 0.3) is 0 Å². The molecule has 2 unspecified atom stereocenters. The molecule has 0 bridgehead atoms. The predicted octanol–water partition coefficient (Wildman–Crippen LogP) is 3.91. The van der Waals surface area contributed by atoms with E-state index in [1.165, 1.54) is 27.4 Å². The smallest absolute Gasteiger partial charge is 0.253 e. The van der Waals surface area contributed by atoms with Crippen LogP contribution in [-0.4, -0.2) is 69.0 Å². The van der Waals surface area contributed by atoms with E-state index in [4.69, 9.17) is 21.1 Å². The SMILES string of the molecule is Cc1cc(C)cc(OCCN(C)C(=O)c2ccc(Cl)c(S(=O)(=O)N3CC(C)OC(C)C3)c2)c1. The summed E-state index contributed by atoms with van der Waals surface area (Å²) in [5.74, 6) is 0.443. The van der Waals surface area contributed by atoms with Gasteiger partial charge in [0.25, 0.3) is 5.91 Å². The van der Waals surface area contributed by atoms with Crippen LogP contribution in [0.3, 0.4) is 0 Å².